The highest BCUT2D eigenvalue weighted by Crippen LogP contribution is 2.67. The van der Waals surface area contributed by atoms with E-state index in [9.17, 15) is 14.7 Å². The molecule has 6 rings (SSSR count). The van der Waals surface area contributed by atoms with Gasteiger partial charge in [0.25, 0.3) is 0 Å². The number of fused-ring (bicyclic) bond motifs is 4. The predicted octanol–water partition coefficient (Wildman–Crippen LogP) is 5.17. The molecule has 4 aliphatic heterocycles. The van der Waals surface area contributed by atoms with E-state index < -0.39 is 23.1 Å². The number of carbonyl (C=O) groups excluding carboxylic acids is 2. The Balaban J connectivity index is 1.35. The summed E-state index contributed by atoms with van der Waals surface area (Å²) in [5.74, 6) is -1.96. The number of hydrogen-bond acceptors (Lipinski definition) is 7. The van der Waals surface area contributed by atoms with Crippen molar-refractivity contribution >= 4 is 11.9 Å². The van der Waals surface area contributed by atoms with Crippen molar-refractivity contribution in [2.75, 3.05) is 0 Å². The molecule has 2 bridgehead atoms. The minimum atomic E-state index is -1.45. The Labute approximate surface area is 219 Å². The largest absolute Gasteiger partial charge is 0.458 e. The number of esters is 2. The first kappa shape index (κ1) is 25.4. The average molecular weight is 515 g/mol. The molecule has 4 heterocycles. The Morgan fingerprint density at radius 3 is 2.41 bits per heavy atom. The second kappa shape index (κ2) is 7.84. The van der Waals surface area contributed by atoms with Gasteiger partial charge in [-0.1, -0.05) is 34.1 Å². The van der Waals surface area contributed by atoms with Crippen LogP contribution in [-0.2, 0) is 28.5 Å². The van der Waals surface area contributed by atoms with Gasteiger partial charge in [-0.25, -0.2) is 4.79 Å². The van der Waals surface area contributed by atoms with Gasteiger partial charge in [0.15, 0.2) is 0 Å². The molecule has 2 aliphatic carbocycles. The third kappa shape index (κ3) is 3.74. The van der Waals surface area contributed by atoms with Gasteiger partial charge >= 0.3 is 11.9 Å². The number of cyclic esters (lactones) is 1. The summed E-state index contributed by atoms with van der Waals surface area (Å²) in [5.41, 5.74) is 0.0663. The number of hydrogen-bond donors (Lipinski definition) is 1. The molecule has 3 fully saturated rings. The maximum absolute atomic E-state index is 12.5. The van der Waals surface area contributed by atoms with E-state index in [1.807, 2.05) is 26.8 Å². The van der Waals surface area contributed by atoms with Crippen molar-refractivity contribution in [2.24, 2.45) is 34.5 Å². The molecule has 1 N–H and O–H groups in total. The van der Waals surface area contributed by atoms with E-state index in [0.717, 1.165) is 37.7 Å². The lowest BCUT2D eigenvalue weighted by Crippen LogP contribution is -2.51. The van der Waals surface area contributed by atoms with Crippen molar-refractivity contribution < 1.29 is 33.6 Å². The summed E-state index contributed by atoms with van der Waals surface area (Å²) >= 11 is 0. The molecule has 9 atom stereocenters. The third-order valence-electron chi connectivity index (χ3n) is 11.1. The molecular weight excluding hydrogens is 472 g/mol. The van der Waals surface area contributed by atoms with Crippen LogP contribution in [0.3, 0.4) is 0 Å². The summed E-state index contributed by atoms with van der Waals surface area (Å²) in [5, 5.41) is 11.7. The third-order valence-corrected chi connectivity index (χ3v) is 11.1. The Hall–Kier alpha value is -1.86. The zero-order valence-corrected chi connectivity index (χ0v) is 23.1. The molecule has 7 heteroatoms. The minimum Gasteiger partial charge on any atom is -0.458 e. The molecule has 0 unspecified atom stereocenters. The predicted molar refractivity (Wildman–Crippen MR) is 135 cm³/mol. The maximum Gasteiger partial charge on any atom is 0.335 e. The van der Waals surface area contributed by atoms with Crippen LogP contribution in [0.1, 0.15) is 92.9 Å². The van der Waals surface area contributed by atoms with Crippen LogP contribution < -0.4 is 0 Å². The molecule has 0 radical (unpaired) electrons. The summed E-state index contributed by atoms with van der Waals surface area (Å²) in [7, 11) is 0. The molecular formula is C30H42O7. The molecule has 1 saturated carbocycles. The monoisotopic (exact) mass is 514 g/mol. The van der Waals surface area contributed by atoms with Crippen molar-refractivity contribution in [1.29, 1.82) is 0 Å². The van der Waals surface area contributed by atoms with Gasteiger partial charge in [0.05, 0.1) is 18.1 Å². The molecule has 0 amide bonds. The van der Waals surface area contributed by atoms with Crippen LogP contribution in [0.2, 0.25) is 0 Å². The lowest BCUT2D eigenvalue weighted by atomic mass is 9.57. The van der Waals surface area contributed by atoms with Crippen LogP contribution in [0.15, 0.2) is 23.5 Å². The zero-order valence-electron chi connectivity index (χ0n) is 23.1. The van der Waals surface area contributed by atoms with Gasteiger partial charge in [-0.05, 0) is 68.3 Å². The van der Waals surface area contributed by atoms with Crippen LogP contribution >= 0.6 is 0 Å². The molecule has 204 valence electrons. The van der Waals surface area contributed by atoms with E-state index in [1.54, 1.807) is 0 Å². The van der Waals surface area contributed by atoms with Crippen molar-refractivity contribution in [2.45, 2.75) is 116 Å². The smallest absolute Gasteiger partial charge is 0.335 e. The highest BCUT2D eigenvalue weighted by molar-refractivity contribution is 5.84. The fourth-order valence-electron chi connectivity index (χ4n) is 9.18. The number of ether oxygens (including phenoxy) is 4. The second-order valence-electron chi connectivity index (χ2n) is 14.0. The van der Waals surface area contributed by atoms with Gasteiger partial charge in [0, 0.05) is 30.8 Å². The Morgan fingerprint density at radius 1 is 0.946 bits per heavy atom. The van der Waals surface area contributed by atoms with Gasteiger partial charge in [-0.3, -0.25) is 4.79 Å². The molecule has 7 nitrogen and oxygen atoms in total. The fraction of sp³-hybridized carbons (Fsp3) is 0.800. The van der Waals surface area contributed by atoms with E-state index in [1.165, 1.54) is 6.08 Å². The molecule has 1 spiro atoms. The lowest BCUT2D eigenvalue weighted by molar-refractivity contribution is -0.276. The summed E-state index contributed by atoms with van der Waals surface area (Å²) < 4.78 is 24.6. The van der Waals surface area contributed by atoms with E-state index in [2.05, 4.69) is 20.8 Å². The molecule has 0 aromatic heterocycles. The Bertz CT molecular complexity index is 1090. The van der Waals surface area contributed by atoms with Crippen molar-refractivity contribution in [1.82, 2.24) is 0 Å². The van der Waals surface area contributed by atoms with Gasteiger partial charge in [0.2, 0.25) is 11.6 Å². The van der Waals surface area contributed by atoms with Crippen LogP contribution in [0.5, 0.6) is 0 Å². The molecule has 6 aliphatic rings. The topological polar surface area (TPSA) is 91.3 Å². The minimum absolute atomic E-state index is 0.00701. The van der Waals surface area contributed by atoms with Crippen molar-refractivity contribution in [3.05, 3.63) is 23.5 Å². The Morgan fingerprint density at radius 2 is 1.70 bits per heavy atom. The number of rotatable bonds is 0. The first-order valence-electron chi connectivity index (χ1n) is 14.2. The first-order chi connectivity index (χ1) is 17.2. The number of aliphatic hydroxyl groups is 1. The molecule has 0 aromatic rings. The van der Waals surface area contributed by atoms with Crippen LogP contribution in [0, 0.1) is 34.5 Å². The highest BCUT2D eigenvalue weighted by Gasteiger charge is 2.66. The summed E-state index contributed by atoms with van der Waals surface area (Å²) in [6, 6.07) is 0. The van der Waals surface area contributed by atoms with Crippen LogP contribution in [0.4, 0.5) is 0 Å². The number of carbonyl (C=O) groups is 2. The van der Waals surface area contributed by atoms with Gasteiger partial charge < -0.3 is 24.1 Å². The van der Waals surface area contributed by atoms with Crippen LogP contribution in [-0.4, -0.2) is 40.3 Å². The summed E-state index contributed by atoms with van der Waals surface area (Å²) in [6.45, 7) is 12.9. The SMILES string of the molecule is C[C@@H]1C[C@]2(C[C@@H](C)[C@H]3[C@@H](C[C@@]4(C)CCC[C@@H]5C6=C[C@](O)(CC[C@]34C)OC6=CC(=O)OC5(C)C)O2)OC1=O. The normalized spacial score (nSPS) is 50.5. The second-order valence-corrected chi connectivity index (χ2v) is 14.0. The fourth-order valence-corrected chi connectivity index (χ4v) is 9.18. The Kier molecular flexibility index (Phi) is 5.39. The highest BCUT2D eigenvalue weighted by atomic mass is 16.7. The summed E-state index contributed by atoms with van der Waals surface area (Å²) in [6.07, 6.45) is 9.51. The molecule has 37 heavy (non-hydrogen) atoms. The van der Waals surface area contributed by atoms with E-state index in [-0.39, 0.29) is 40.7 Å². The molecule has 2 saturated heterocycles. The van der Waals surface area contributed by atoms with Gasteiger partial charge in [0.1, 0.15) is 11.4 Å². The maximum atomic E-state index is 12.5. The van der Waals surface area contributed by atoms with Crippen LogP contribution in [0.25, 0.3) is 0 Å². The number of allylic oxidation sites excluding steroid dienone is 1. The van der Waals surface area contributed by atoms with Gasteiger partial charge in [-0.2, -0.15) is 0 Å². The van der Waals surface area contributed by atoms with Crippen molar-refractivity contribution in [3.8, 4) is 0 Å². The average Bonchev–Trinajstić information content (AvgIpc) is 3.28. The lowest BCUT2D eigenvalue weighted by Gasteiger charge is -2.51. The van der Waals surface area contributed by atoms with E-state index >= 15 is 0 Å². The molecule has 0 aromatic carbocycles. The summed E-state index contributed by atoms with van der Waals surface area (Å²) in [4.78, 5) is 24.8. The van der Waals surface area contributed by atoms with E-state index in [0.29, 0.717) is 30.9 Å². The first-order valence-corrected chi connectivity index (χ1v) is 14.2. The quantitative estimate of drug-likeness (QED) is 0.446. The standard InChI is InChI=1S/C30H42O7/c1-17-13-30(14-18(2)25(32)37-30)35-22-16-27(5)9-7-8-20-19-15-29(33,11-10-28(27,6)24(17)22)34-21(19)12-23(31)36-26(20,3)4/h12,15,17-18,20,22,24,33H,7-11,13-14,16H2,1-6H3/t17-,18-,20-,22-,24+,27-,28-,29+,30+/m1/s1. The van der Waals surface area contributed by atoms with E-state index in [4.69, 9.17) is 18.9 Å². The zero-order chi connectivity index (χ0) is 26.6. The van der Waals surface area contributed by atoms with Crippen molar-refractivity contribution in [3.63, 3.8) is 0 Å². The van der Waals surface area contributed by atoms with Gasteiger partial charge in [-0.15, -0.1) is 0 Å².